The molecule has 0 saturated carbocycles. The summed E-state index contributed by atoms with van der Waals surface area (Å²) in [6.07, 6.45) is 0. The number of furan rings is 1. The summed E-state index contributed by atoms with van der Waals surface area (Å²) in [6, 6.07) is 29.5. The monoisotopic (exact) mass is 612 g/mol. The fraction of sp³-hybridized carbons (Fsp3) is 0. The Morgan fingerprint density at radius 1 is 0.468 bits per heavy atom. The molecule has 0 atom stereocenters. The van der Waals surface area contributed by atoms with Crippen LogP contribution in [0.1, 0.15) is 11.0 Å². The summed E-state index contributed by atoms with van der Waals surface area (Å²) in [4.78, 5) is 0. The number of fused-ring (bicyclic) bond motifs is 5. The average molecular weight is 613 g/mol. The van der Waals surface area contributed by atoms with Gasteiger partial charge in [0.1, 0.15) is 11.2 Å². The summed E-state index contributed by atoms with van der Waals surface area (Å²) in [6.45, 7) is 0. The van der Waals surface area contributed by atoms with Gasteiger partial charge in [0.2, 0.25) is 0 Å². The molecule has 0 aliphatic heterocycles. The van der Waals surface area contributed by atoms with Crippen LogP contribution in [0.15, 0.2) is 162 Å². The van der Waals surface area contributed by atoms with Crippen molar-refractivity contribution in [3.8, 4) is 56.0 Å². The number of hydrogen-bond acceptors (Lipinski definition) is 3. The van der Waals surface area contributed by atoms with Gasteiger partial charge in [0.05, 0.1) is 16.5 Å². The molecule has 1 heterocycles. The fourth-order valence-electron chi connectivity index (χ4n) is 6.58. The molecule has 3 nitrogen and oxygen atoms in total. The van der Waals surface area contributed by atoms with Crippen molar-refractivity contribution in [2.24, 2.45) is 0 Å². The maximum Gasteiger partial charge on any atom is 0.169 e. The Labute approximate surface area is 282 Å². The topological polar surface area (TPSA) is 53.6 Å². The van der Waals surface area contributed by atoms with Crippen LogP contribution in [0, 0.1) is 0 Å². The van der Waals surface area contributed by atoms with Crippen LogP contribution >= 0.6 is 0 Å². The third-order valence-corrected chi connectivity index (χ3v) is 8.63. The third kappa shape index (κ3) is 4.21. The van der Waals surface area contributed by atoms with E-state index in [0.717, 1.165) is 0 Å². The Balaban J connectivity index is 1.47. The van der Waals surface area contributed by atoms with Gasteiger partial charge in [0.25, 0.3) is 0 Å². The highest BCUT2D eigenvalue weighted by Gasteiger charge is 2.24. The lowest BCUT2D eigenvalue weighted by atomic mass is 9.84. The second-order valence-corrected chi connectivity index (χ2v) is 11.3. The molecule has 0 radical (unpaired) electrons. The average Bonchev–Trinajstić information content (AvgIpc) is 3.60. The molecule has 3 heteroatoms. The highest BCUT2D eigenvalue weighted by molar-refractivity contribution is 6.26. The van der Waals surface area contributed by atoms with E-state index in [9.17, 15) is 14.3 Å². The molecule has 8 aromatic carbocycles. The van der Waals surface area contributed by atoms with Gasteiger partial charge in [0, 0.05) is 10.8 Å². The lowest BCUT2D eigenvalue weighted by Crippen LogP contribution is -1.91. The second-order valence-electron chi connectivity index (χ2n) is 11.3. The summed E-state index contributed by atoms with van der Waals surface area (Å²) < 4.78 is 79.5. The van der Waals surface area contributed by atoms with Gasteiger partial charge < -0.3 is 14.6 Å². The largest absolute Gasteiger partial charge is 0.504 e. The van der Waals surface area contributed by atoms with E-state index in [2.05, 4.69) is 0 Å². The molecule has 0 aliphatic carbocycles. The van der Waals surface area contributed by atoms with Crippen molar-refractivity contribution < 1.29 is 25.6 Å². The molecule has 0 aliphatic rings. The van der Waals surface area contributed by atoms with Crippen molar-refractivity contribution in [3.05, 3.63) is 158 Å². The number of aromatic hydroxyl groups is 2. The number of hydrogen-bond donors (Lipinski definition) is 2. The van der Waals surface area contributed by atoms with Gasteiger partial charge in [-0.1, -0.05) is 145 Å². The Hall–Kier alpha value is -6.32. The highest BCUT2D eigenvalue weighted by Crippen LogP contribution is 2.50. The quantitative estimate of drug-likeness (QED) is 0.154. The van der Waals surface area contributed by atoms with E-state index in [0.29, 0.717) is 43.8 Å². The van der Waals surface area contributed by atoms with E-state index in [1.165, 1.54) is 0 Å². The summed E-state index contributed by atoms with van der Waals surface area (Å²) in [7, 11) is 0. The maximum absolute atomic E-state index is 11.2. The van der Waals surface area contributed by atoms with Crippen LogP contribution in [0.3, 0.4) is 0 Å². The van der Waals surface area contributed by atoms with E-state index >= 15 is 0 Å². The molecule has 2 N–H and O–H groups in total. The zero-order valence-corrected chi connectivity index (χ0v) is 24.7. The molecule has 222 valence electrons. The van der Waals surface area contributed by atoms with Crippen LogP contribution in [0.2, 0.25) is 0 Å². The summed E-state index contributed by atoms with van der Waals surface area (Å²) in [5.74, 6) is -1.29. The van der Waals surface area contributed by atoms with Crippen molar-refractivity contribution in [1.29, 1.82) is 0 Å². The first-order valence-electron chi connectivity index (χ1n) is 19.1. The summed E-state index contributed by atoms with van der Waals surface area (Å²) >= 11 is 0. The van der Waals surface area contributed by atoms with Gasteiger partial charge in [-0.15, -0.1) is 0 Å². The highest BCUT2D eigenvalue weighted by atomic mass is 16.3. The molecule has 0 unspecified atom stereocenters. The van der Waals surface area contributed by atoms with Crippen LogP contribution in [0.4, 0.5) is 0 Å². The number of rotatable bonds is 4. The van der Waals surface area contributed by atoms with Crippen molar-refractivity contribution >= 4 is 43.5 Å². The first-order valence-corrected chi connectivity index (χ1v) is 15.1. The minimum absolute atomic E-state index is 0.00799. The van der Waals surface area contributed by atoms with E-state index in [-0.39, 0.29) is 74.4 Å². The van der Waals surface area contributed by atoms with Crippen LogP contribution in [0.5, 0.6) is 11.5 Å². The van der Waals surface area contributed by atoms with Crippen LogP contribution in [-0.4, -0.2) is 10.2 Å². The zero-order valence-electron chi connectivity index (χ0n) is 32.7. The van der Waals surface area contributed by atoms with Crippen molar-refractivity contribution in [2.45, 2.75) is 0 Å². The van der Waals surface area contributed by atoms with Gasteiger partial charge >= 0.3 is 0 Å². The standard InChI is InChI=1S/C44H28O3/c45-37-26-36-42-35(20-11-21-38(42)47-44(36)40(43(37)46)29-14-5-2-6-15-29)41-33-18-9-7-16-31(33)39(32-17-8-10-19-34(32)41)30-24-22-28(23-25-30)27-12-3-1-4-13-27/h1-26,45-46H/i11D,20D,21D,22D,23D,24D,25D,26D. The van der Waals surface area contributed by atoms with Gasteiger partial charge in [-0.25, -0.2) is 0 Å². The summed E-state index contributed by atoms with van der Waals surface area (Å²) in [5.41, 5.74) is 2.38. The van der Waals surface area contributed by atoms with Crippen LogP contribution in [0.25, 0.3) is 88.0 Å². The Kier molecular flexibility index (Phi) is 4.52. The van der Waals surface area contributed by atoms with E-state index in [4.69, 9.17) is 11.3 Å². The molecule has 0 bridgehead atoms. The second kappa shape index (κ2) is 10.6. The third-order valence-electron chi connectivity index (χ3n) is 8.63. The molecule has 0 amide bonds. The van der Waals surface area contributed by atoms with E-state index < -0.39 is 29.6 Å². The zero-order chi connectivity index (χ0) is 38.4. The Morgan fingerprint density at radius 2 is 1.00 bits per heavy atom. The van der Waals surface area contributed by atoms with Crippen molar-refractivity contribution in [3.63, 3.8) is 0 Å². The number of phenols is 2. The number of benzene rings is 8. The molecule has 1 aromatic heterocycles. The summed E-state index contributed by atoms with van der Waals surface area (Å²) in [5, 5.41) is 24.8. The first-order chi connectivity index (χ1) is 26.5. The van der Waals surface area contributed by atoms with Crippen LogP contribution < -0.4 is 0 Å². The smallest absolute Gasteiger partial charge is 0.169 e. The Morgan fingerprint density at radius 3 is 1.62 bits per heavy atom. The predicted octanol–water partition coefficient (Wildman–Crippen LogP) is 12.0. The van der Waals surface area contributed by atoms with Crippen LogP contribution in [-0.2, 0) is 0 Å². The molecule has 0 spiro atoms. The van der Waals surface area contributed by atoms with E-state index in [1.54, 1.807) is 91.0 Å². The molecule has 47 heavy (non-hydrogen) atoms. The van der Waals surface area contributed by atoms with E-state index in [1.807, 2.05) is 18.2 Å². The van der Waals surface area contributed by atoms with Crippen molar-refractivity contribution in [1.82, 2.24) is 0 Å². The predicted molar refractivity (Wildman–Crippen MR) is 194 cm³/mol. The fourth-order valence-corrected chi connectivity index (χ4v) is 6.58. The minimum atomic E-state index is -0.708. The lowest BCUT2D eigenvalue weighted by Gasteiger charge is -2.18. The van der Waals surface area contributed by atoms with Gasteiger partial charge in [-0.2, -0.15) is 0 Å². The minimum Gasteiger partial charge on any atom is -0.504 e. The van der Waals surface area contributed by atoms with Gasteiger partial charge in [0.15, 0.2) is 11.5 Å². The first kappa shape index (κ1) is 19.9. The molecule has 0 saturated heterocycles. The lowest BCUT2D eigenvalue weighted by molar-refractivity contribution is 0.405. The van der Waals surface area contributed by atoms with Gasteiger partial charge in [-0.05, 0) is 72.6 Å². The SMILES string of the molecule is [2H]c1c([2H])c(-c2c3ccccc3c(-c3c([2H])c([2H])c([2H])c4oc5c(-c6ccccc6)c(O)c(O)c([2H])c5c34)c3ccccc23)c([2H])c([2H])c1-c1ccccc1. The van der Waals surface area contributed by atoms with Crippen molar-refractivity contribution in [2.75, 3.05) is 0 Å². The Bertz CT molecular complexity index is 3000. The molecular formula is C44H28O3. The normalized spacial score (nSPS) is 14.0. The number of phenolic OH excluding ortho intramolecular Hbond substituents is 2. The molecule has 9 rings (SSSR count). The maximum atomic E-state index is 11.2. The molecular weight excluding hydrogens is 576 g/mol. The molecule has 9 aromatic rings. The molecule has 0 fully saturated rings. The van der Waals surface area contributed by atoms with Gasteiger partial charge in [-0.3, -0.25) is 0 Å².